The van der Waals surface area contributed by atoms with Crippen molar-refractivity contribution in [2.24, 2.45) is 0 Å². The Balaban J connectivity index is 2.45. The molecule has 0 spiro atoms. The van der Waals surface area contributed by atoms with Crippen LogP contribution in [-0.2, 0) is 9.59 Å². The largest absolute Gasteiger partial charge is 0.478 e. The molecule has 1 aliphatic heterocycles. The summed E-state index contributed by atoms with van der Waals surface area (Å²) < 4.78 is 0. The van der Waals surface area contributed by atoms with Gasteiger partial charge in [-0.05, 0) is 46.7 Å². The Bertz CT molecular complexity index is 371. The van der Waals surface area contributed by atoms with Gasteiger partial charge in [0, 0.05) is 23.7 Å². The number of hydrogen-bond donors (Lipinski definition) is 2. The Morgan fingerprint density at radius 3 is 2.26 bits per heavy atom. The number of nitrogens with zero attached hydrogens (tertiary/aromatic N) is 1. The third-order valence-electron chi connectivity index (χ3n) is 3.80. The lowest BCUT2D eigenvalue weighted by Crippen LogP contribution is -2.44. The number of likely N-dealkylation sites (tertiary alicyclic amines) is 1. The molecule has 1 rings (SSSR count). The lowest BCUT2D eigenvalue weighted by molar-refractivity contribution is -0.133. The van der Waals surface area contributed by atoms with Crippen molar-refractivity contribution < 1.29 is 14.7 Å². The minimum absolute atomic E-state index is 0.100. The van der Waals surface area contributed by atoms with E-state index >= 15 is 0 Å². The predicted molar refractivity (Wildman–Crippen MR) is 73.9 cm³/mol. The third-order valence-corrected chi connectivity index (χ3v) is 3.80. The Hall–Kier alpha value is -1.36. The number of nitrogens with one attached hydrogen (secondary N) is 1. The molecule has 0 saturated carbocycles. The number of carbonyl (C=O) groups is 2. The molecule has 1 saturated heterocycles. The van der Waals surface area contributed by atoms with Crippen LogP contribution in [0, 0.1) is 0 Å². The fourth-order valence-electron chi connectivity index (χ4n) is 2.19. The smallest absolute Gasteiger partial charge is 0.331 e. The lowest BCUT2D eigenvalue weighted by Gasteiger charge is -2.32. The molecule has 5 heteroatoms. The van der Waals surface area contributed by atoms with Gasteiger partial charge in [-0.1, -0.05) is 6.42 Å². The molecule has 0 bridgehead atoms. The fourth-order valence-corrected chi connectivity index (χ4v) is 2.19. The molecule has 0 aromatic heterocycles. The Labute approximate surface area is 114 Å². The summed E-state index contributed by atoms with van der Waals surface area (Å²) >= 11 is 0. The minimum atomic E-state index is -1.04. The molecule has 0 aromatic carbocycles. The summed E-state index contributed by atoms with van der Waals surface area (Å²) in [5, 5.41) is 11.6. The lowest BCUT2D eigenvalue weighted by atomic mass is 10.1. The number of carbonyl (C=O) groups excluding carboxylic acids is 1. The van der Waals surface area contributed by atoms with Gasteiger partial charge in [-0.3, -0.25) is 9.69 Å². The van der Waals surface area contributed by atoms with E-state index in [1.165, 1.54) is 26.2 Å². The van der Waals surface area contributed by atoms with E-state index in [0.29, 0.717) is 12.6 Å². The second kappa shape index (κ2) is 7.28. The Morgan fingerprint density at radius 2 is 1.74 bits per heavy atom. The molecule has 19 heavy (non-hydrogen) atoms. The van der Waals surface area contributed by atoms with Crippen molar-refractivity contribution in [3.05, 3.63) is 11.1 Å². The number of aliphatic carboxylic acids is 1. The molecule has 1 atom stereocenters. The highest BCUT2D eigenvalue weighted by atomic mass is 16.4. The van der Waals surface area contributed by atoms with Gasteiger partial charge in [-0.25, -0.2) is 4.79 Å². The van der Waals surface area contributed by atoms with Crippen molar-refractivity contribution in [2.45, 2.75) is 46.1 Å². The molecule has 108 valence electrons. The van der Waals surface area contributed by atoms with E-state index in [1.54, 1.807) is 6.92 Å². The summed E-state index contributed by atoms with van der Waals surface area (Å²) in [4.78, 5) is 25.0. The molecule has 1 fully saturated rings. The van der Waals surface area contributed by atoms with E-state index < -0.39 is 5.97 Å². The number of piperidine rings is 1. The number of rotatable bonds is 5. The normalized spacial score (nSPS) is 19.5. The predicted octanol–water partition coefficient (Wildman–Crippen LogP) is 1.40. The first-order valence-corrected chi connectivity index (χ1v) is 6.86. The quantitative estimate of drug-likeness (QED) is 0.739. The topological polar surface area (TPSA) is 69.6 Å². The van der Waals surface area contributed by atoms with Crippen LogP contribution in [0.15, 0.2) is 11.1 Å². The summed E-state index contributed by atoms with van der Waals surface area (Å²) in [5.41, 5.74) is 0.376. The summed E-state index contributed by atoms with van der Waals surface area (Å²) in [5.74, 6) is -1.33. The van der Waals surface area contributed by atoms with E-state index in [9.17, 15) is 9.59 Å². The average molecular weight is 268 g/mol. The second-order valence-electron chi connectivity index (χ2n) is 5.21. The molecule has 1 aliphatic rings. The van der Waals surface area contributed by atoms with Gasteiger partial charge in [0.15, 0.2) is 0 Å². The van der Waals surface area contributed by atoms with Crippen LogP contribution in [0.25, 0.3) is 0 Å². The van der Waals surface area contributed by atoms with E-state index in [2.05, 4.69) is 17.1 Å². The van der Waals surface area contributed by atoms with Crippen molar-refractivity contribution in [3.8, 4) is 0 Å². The standard InChI is InChI=1S/C14H24N2O3/c1-10(16-7-5-4-6-8-16)9-15-13(17)11(2)12(3)14(18)19/h10H,4-9H2,1-3H3,(H,15,17)(H,18,19). The van der Waals surface area contributed by atoms with Crippen molar-refractivity contribution in [1.82, 2.24) is 10.2 Å². The Kier molecular flexibility index (Phi) is 6.02. The van der Waals surface area contributed by atoms with Gasteiger partial charge in [-0.2, -0.15) is 0 Å². The number of amides is 1. The van der Waals surface area contributed by atoms with Gasteiger partial charge in [0.1, 0.15) is 0 Å². The van der Waals surface area contributed by atoms with Crippen molar-refractivity contribution in [1.29, 1.82) is 0 Å². The maximum atomic E-state index is 11.8. The van der Waals surface area contributed by atoms with Crippen LogP contribution in [0.3, 0.4) is 0 Å². The van der Waals surface area contributed by atoms with E-state index in [1.807, 2.05) is 0 Å². The first kappa shape index (κ1) is 15.7. The SMILES string of the molecule is CC(C(=O)O)=C(C)C(=O)NCC(C)N1CCCCC1. The molecule has 1 heterocycles. The van der Waals surface area contributed by atoms with E-state index in [0.717, 1.165) is 13.1 Å². The zero-order valence-electron chi connectivity index (χ0n) is 12.0. The van der Waals surface area contributed by atoms with Gasteiger partial charge in [0.2, 0.25) is 5.91 Å². The van der Waals surface area contributed by atoms with Crippen LogP contribution >= 0.6 is 0 Å². The first-order valence-electron chi connectivity index (χ1n) is 6.86. The molecular weight excluding hydrogens is 244 g/mol. The first-order chi connectivity index (χ1) is 8.93. The van der Waals surface area contributed by atoms with Crippen LogP contribution in [-0.4, -0.2) is 47.6 Å². The van der Waals surface area contributed by atoms with Crippen LogP contribution in [0.5, 0.6) is 0 Å². The highest BCUT2D eigenvalue weighted by molar-refractivity contribution is 6.01. The number of hydrogen-bond acceptors (Lipinski definition) is 3. The maximum absolute atomic E-state index is 11.8. The molecular formula is C14H24N2O3. The third kappa shape index (κ3) is 4.67. The zero-order chi connectivity index (χ0) is 14.4. The second-order valence-corrected chi connectivity index (χ2v) is 5.21. The van der Waals surface area contributed by atoms with Crippen molar-refractivity contribution in [3.63, 3.8) is 0 Å². The van der Waals surface area contributed by atoms with Gasteiger partial charge < -0.3 is 10.4 Å². The minimum Gasteiger partial charge on any atom is -0.478 e. The molecule has 2 N–H and O–H groups in total. The van der Waals surface area contributed by atoms with Crippen LogP contribution in [0.2, 0.25) is 0 Å². The Morgan fingerprint density at radius 1 is 1.16 bits per heavy atom. The fraction of sp³-hybridized carbons (Fsp3) is 0.714. The number of carboxylic acid groups (broad SMARTS) is 1. The highest BCUT2D eigenvalue weighted by Gasteiger charge is 2.18. The monoisotopic (exact) mass is 268 g/mol. The molecule has 1 amide bonds. The highest BCUT2D eigenvalue weighted by Crippen LogP contribution is 2.11. The van der Waals surface area contributed by atoms with Crippen LogP contribution in [0.4, 0.5) is 0 Å². The van der Waals surface area contributed by atoms with E-state index in [-0.39, 0.29) is 17.1 Å². The zero-order valence-corrected chi connectivity index (χ0v) is 12.0. The van der Waals surface area contributed by atoms with Gasteiger partial charge in [0.05, 0.1) is 0 Å². The van der Waals surface area contributed by atoms with E-state index in [4.69, 9.17) is 5.11 Å². The van der Waals surface area contributed by atoms with Gasteiger partial charge in [0.25, 0.3) is 0 Å². The molecule has 0 aromatic rings. The average Bonchev–Trinajstić information content (AvgIpc) is 2.43. The molecule has 0 radical (unpaired) electrons. The van der Waals surface area contributed by atoms with Gasteiger partial charge >= 0.3 is 5.97 Å². The molecule has 5 nitrogen and oxygen atoms in total. The van der Waals surface area contributed by atoms with Gasteiger partial charge in [-0.15, -0.1) is 0 Å². The summed E-state index contributed by atoms with van der Waals surface area (Å²) in [7, 11) is 0. The van der Waals surface area contributed by atoms with Crippen molar-refractivity contribution in [2.75, 3.05) is 19.6 Å². The maximum Gasteiger partial charge on any atom is 0.331 e. The molecule has 1 unspecified atom stereocenters. The number of carboxylic acids is 1. The van der Waals surface area contributed by atoms with Crippen molar-refractivity contribution >= 4 is 11.9 Å². The summed E-state index contributed by atoms with van der Waals surface area (Å²) in [6.07, 6.45) is 3.72. The van der Waals surface area contributed by atoms with Crippen LogP contribution < -0.4 is 5.32 Å². The molecule has 0 aliphatic carbocycles. The summed E-state index contributed by atoms with van der Waals surface area (Å²) in [6, 6.07) is 0.294. The van der Waals surface area contributed by atoms with Crippen LogP contribution in [0.1, 0.15) is 40.0 Å². The summed E-state index contributed by atoms with van der Waals surface area (Å²) in [6.45, 7) is 7.81.